The number of benzene rings is 4. The molecular formula is C58H65N8O13S3+. The van der Waals surface area contributed by atoms with Crippen molar-refractivity contribution in [3.8, 4) is 22.3 Å². The first-order chi connectivity index (χ1) is 38.6. The molecule has 0 saturated carbocycles. The maximum absolute atomic E-state index is 13.6. The Kier molecular flexibility index (Phi) is 17.4. The number of rotatable bonds is 21. The Labute approximate surface area is 476 Å². The van der Waals surface area contributed by atoms with Crippen LogP contribution < -0.4 is 26.2 Å². The van der Waals surface area contributed by atoms with Crippen LogP contribution >= 0.6 is 0 Å². The molecule has 0 spiro atoms. The second-order valence-corrected chi connectivity index (χ2v) is 25.6. The van der Waals surface area contributed by atoms with Crippen LogP contribution in [0.1, 0.15) is 114 Å². The smallest absolute Gasteiger partial charge is 0.283 e. The number of hydrogen-bond acceptors (Lipinski definition) is 13. The lowest BCUT2D eigenvalue weighted by Crippen LogP contribution is -2.32. The molecule has 432 valence electrons. The van der Waals surface area contributed by atoms with Crippen LogP contribution in [0.15, 0.2) is 109 Å². The van der Waals surface area contributed by atoms with E-state index < -0.39 is 88.7 Å². The molecule has 4 aromatic carbocycles. The zero-order valence-electron chi connectivity index (χ0n) is 46.3. The van der Waals surface area contributed by atoms with Gasteiger partial charge in [-0.25, -0.2) is 9.97 Å². The van der Waals surface area contributed by atoms with Gasteiger partial charge in [0.15, 0.2) is 5.71 Å². The van der Waals surface area contributed by atoms with Crippen molar-refractivity contribution >= 4 is 92.6 Å². The first-order valence-corrected chi connectivity index (χ1v) is 31.4. The molecule has 2 aliphatic heterocycles. The first-order valence-electron chi connectivity index (χ1n) is 26.5. The molecular weight excluding hydrogens is 1110 g/mol. The summed E-state index contributed by atoms with van der Waals surface area (Å²) in [6, 6.07) is 25.4. The van der Waals surface area contributed by atoms with Gasteiger partial charge in [0, 0.05) is 60.7 Å². The summed E-state index contributed by atoms with van der Waals surface area (Å²) in [5, 5.41) is 13.2. The van der Waals surface area contributed by atoms with E-state index in [-0.39, 0.29) is 35.7 Å². The molecule has 0 saturated heterocycles. The van der Waals surface area contributed by atoms with Gasteiger partial charge in [0.1, 0.15) is 35.2 Å². The fourth-order valence-electron chi connectivity index (χ4n) is 10.8. The van der Waals surface area contributed by atoms with E-state index >= 15 is 0 Å². The predicted octanol–water partition coefficient (Wildman–Crippen LogP) is 7.11. The Bertz CT molecular complexity index is 4030. The summed E-state index contributed by atoms with van der Waals surface area (Å²) in [6.07, 6.45) is 6.82. The predicted molar refractivity (Wildman–Crippen MR) is 315 cm³/mol. The first kappa shape index (κ1) is 60.4. The van der Waals surface area contributed by atoms with Gasteiger partial charge in [-0.2, -0.15) is 29.8 Å². The summed E-state index contributed by atoms with van der Waals surface area (Å²) in [5.41, 5.74) is 5.31. The Hall–Kier alpha value is -7.74. The molecule has 82 heavy (non-hydrogen) atoms. The summed E-state index contributed by atoms with van der Waals surface area (Å²) in [4.78, 5) is 64.6. The second-order valence-electron chi connectivity index (χ2n) is 21.0. The van der Waals surface area contributed by atoms with Crippen molar-refractivity contribution in [2.75, 3.05) is 55.0 Å². The number of carbonyl (C=O) groups is 4. The van der Waals surface area contributed by atoms with Crippen molar-refractivity contribution in [3.05, 3.63) is 143 Å². The van der Waals surface area contributed by atoms with Crippen molar-refractivity contribution < 1.29 is 62.7 Å². The van der Waals surface area contributed by atoms with Crippen molar-refractivity contribution in [3.63, 3.8) is 0 Å². The third kappa shape index (κ3) is 12.8. The molecule has 8 rings (SSSR count). The zero-order chi connectivity index (χ0) is 59.7. The van der Waals surface area contributed by atoms with Crippen molar-refractivity contribution in [2.45, 2.75) is 72.1 Å². The van der Waals surface area contributed by atoms with Crippen LogP contribution in [0.5, 0.6) is 0 Å². The van der Waals surface area contributed by atoms with Crippen molar-refractivity contribution in [2.24, 2.45) is 0 Å². The van der Waals surface area contributed by atoms with Gasteiger partial charge < -0.3 is 26.2 Å². The Morgan fingerprint density at radius 2 is 1.07 bits per heavy atom. The average Bonchev–Trinajstić information content (AvgIpc) is 2.71. The molecule has 4 heterocycles. The summed E-state index contributed by atoms with van der Waals surface area (Å²) in [6.45, 7) is 14.9. The van der Waals surface area contributed by atoms with Crippen molar-refractivity contribution in [1.29, 1.82) is 0 Å². The van der Waals surface area contributed by atoms with Crippen molar-refractivity contribution in [1.82, 2.24) is 31.2 Å². The summed E-state index contributed by atoms with van der Waals surface area (Å²) in [7, 11) is -13.5. The molecule has 21 nitrogen and oxygen atoms in total. The van der Waals surface area contributed by atoms with E-state index in [2.05, 4.69) is 75.3 Å². The summed E-state index contributed by atoms with van der Waals surface area (Å²) < 4.78 is 101. The quantitative estimate of drug-likeness (QED) is 0.0279. The zero-order valence-corrected chi connectivity index (χ0v) is 48.8. The lowest BCUT2D eigenvalue weighted by Gasteiger charge is -2.27. The van der Waals surface area contributed by atoms with E-state index in [4.69, 9.17) is 0 Å². The normalized spacial score (nSPS) is 15.3. The molecule has 6 aromatic rings. The van der Waals surface area contributed by atoms with E-state index in [1.54, 1.807) is 26.0 Å². The number of anilines is 1. The largest absolute Gasteiger partial charge is 0.351 e. The molecule has 0 atom stereocenters. The van der Waals surface area contributed by atoms with Gasteiger partial charge in [-0.1, -0.05) is 69.3 Å². The lowest BCUT2D eigenvalue weighted by molar-refractivity contribution is -0.435. The van der Waals surface area contributed by atoms with Crippen LogP contribution in [0, 0.1) is 0 Å². The third-order valence-electron chi connectivity index (χ3n) is 14.5. The number of hydrogen-bond donors (Lipinski definition) is 7. The molecule has 4 amide bonds. The minimum atomic E-state index is -4.67. The van der Waals surface area contributed by atoms with Gasteiger partial charge in [0.05, 0.1) is 28.0 Å². The highest BCUT2D eigenvalue weighted by Crippen LogP contribution is 2.53. The lowest BCUT2D eigenvalue weighted by atomic mass is 9.79. The number of fused-ring (bicyclic) bond motifs is 6. The molecule has 0 fully saturated rings. The molecule has 0 radical (unpaired) electrons. The molecule has 2 aromatic heterocycles. The number of aromatic nitrogens is 2. The molecule has 24 heteroatoms. The topological polar surface area (TPSA) is 312 Å². The minimum absolute atomic E-state index is 0.0666. The van der Waals surface area contributed by atoms with Gasteiger partial charge in [-0.3, -0.25) is 32.8 Å². The average molecular weight is 1180 g/mol. The monoisotopic (exact) mass is 1180 g/mol. The van der Waals surface area contributed by atoms with Crippen LogP contribution in [0.3, 0.4) is 0 Å². The number of pyridine rings is 2. The number of allylic oxidation sites excluding steroid dienone is 4. The summed E-state index contributed by atoms with van der Waals surface area (Å²) >= 11 is 0. The summed E-state index contributed by atoms with van der Waals surface area (Å²) in [5.74, 6) is -5.25. The minimum Gasteiger partial charge on any atom is -0.351 e. The van der Waals surface area contributed by atoms with Crippen LogP contribution in [-0.2, 0) is 41.2 Å². The van der Waals surface area contributed by atoms with Gasteiger partial charge in [0.25, 0.3) is 54.0 Å². The van der Waals surface area contributed by atoms with Crippen LogP contribution in [0.25, 0.3) is 43.8 Å². The third-order valence-corrected chi connectivity index (χ3v) is 16.5. The van der Waals surface area contributed by atoms with E-state index in [0.717, 1.165) is 62.1 Å². The van der Waals surface area contributed by atoms with E-state index in [1.165, 1.54) is 12.1 Å². The van der Waals surface area contributed by atoms with Crippen LogP contribution in [0.2, 0.25) is 0 Å². The number of carbonyl (C=O) groups excluding carboxylic acids is 4. The molecule has 0 bridgehead atoms. The van der Waals surface area contributed by atoms with E-state index in [1.807, 2.05) is 78.9 Å². The van der Waals surface area contributed by atoms with Gasteiger partial charge in [0.2, 0.25) is 5.69 Å². The van der Waals surface area contributed by atoms with E-state index in [9.17, 15) is 58.1 Å². The Balaban J connectivity index is 1.27. The van der Waals surface area contributed by atoms with E-state index in [0.29, 0.717) is 41.7 Å². The molecule has 2 aliphatic rings. The van der Waals surface area contributed by atoms with Gasteiger partial charge >= 0.3 is 0 Å². The Morgan fingerprint density at radius 3 is 1.57 bits per heavy atom. The highest BCUT2D eigenvalue weighted by molar-refractivity contribution is 7.86. The molecule has 7 N–H and O–H groups in total. The number of nitrogens with one attached hydrogen (secondary N) is 4. The van der Waals surface area contributed by atoms with Gasteiger partial charge in [-0.15, -0.1) is 0 Å². The fraction of sp³-hybridized carbons (Fsp3) is 0.328. The standard InChI is InChI=1S/C58H64N8O13S3/c1-8-24-65-49(57(4,5)43-32-41(37-17-11-13-19-39(37)51(43)65)36-30-47(55(69)61-23-27-81(74,75)76)64-48(31-36)56(70)62-34-82(77,78)79)21-15-22-50-58(6,7)44-33-42(35-28-45(53(67)59-9-2)63-46(29-35)54(68)60-10-3)38-18-12-14-20-40(38)52(44)66(50)25-16-26-80(71,72)73/h11-15,17-22,28-33H,8-10,16,23-27,34H2,1-7H3,(H6-,59,60,61,62,67,68,69,70,71,72,73,74,75,76,77,78,79)/p+1. The molecule has 0 unspecified atom stereocenters. The highest BCUT2D eigenvalue weighted by atomic mass is 32.2. The highest BCUT2D eigenvalue weighted by Gasteiger charge is 2.47. The van der Waals surface area contributed by atoms with Crippen LogP contribution in [-0.4, -0.2) is 133 Å². The maximum atomic E-state index is 13.6. The Morgan fingerprint density at radius 1 is 0.598 bits per heavy atom. The number of nitrogens with zero attached hydrogens (tertiary/aromatic N) is 4. The van der Waals surface area contributed by atoms with Crippen LogP contribution in [0.4, 0.5) is 11.4 Å². The second kappa shape index (κ2) is 23.6. The van der Waals surface area contributed by atoms with Gasteiger partial charge in [-0.05, 0) is 121 Å². The number of amides is 4. The molecule has 0 aliphatic carbocycles. The fourth-order valence-corrected chi connectivity index (χ4v) is 12.0. The maximum Gasteiger partial charge on any atom is 0.283 e. The SMILES string of the molecule is CCCN1/C(=C/C=C/C2=[N+](CCCS(=O)(=O)O)c3c(cc(-c4cc(C(=O)NCC)nc(C(=O)NCC)c4)c4ccccc34)C2(C)C)C(C)(C)c2cc(-c3cc(C(=O)NCCS(=O)(=O)O)nc(C(=O)NCS(=O)(=O)O)c3)c3ccccc3c21.